The van der Waals surface area contributed by atoms with Gasteiger partial charge in [-0.2, -0.15) is 0 Å². The molecule has 4 aromatic rings. The van der Waals surface area contributed by atoms with Gasteiger partial charge in [-0.15, -0.1) is 0 Å². The van der Waals surface area contributed by atoms with Gasteiger partial charge in [0.1, 0.15) is 0 Å². The lowest BCUT2D eigenvalue weighted by Gasteiger charge is -2.12. The van der Waals surface area contributed by atoms with Gasteiger partial charge < -0.3 is 15.3 Å². The summed E-state index contributed by atoms with van der Waals surface area (Å²) in [5.74, 6) is -1.66. The molecule has 4 aromatic carbocycles. The summed E-state index contributed by atoms with van der Waals surface area (Å²) in [5.41, 5.74) is 2.75. The van der Waals surface area contributed by atoms with E-state index in [1.54, 1.807) is 0 Å². The third-order valence-electron chi connectivity index (χ3n) is 4.84. The van der Waals surface area contributed by atoms with E-state index in [9.17, 15) is 15.3 Å². The fourth-order valence-corrected chi connectivity index (χ4v) is 3.13. The molecule has 0 heterocycles. The lowest BCUT2D eigenvalue weighted by Crippen LogP contribution is -2.01. The molecule has 0 saturated heterocycles. The number of benzene rings is 4. The Balaban J connectivity index is 1.88. The number of hydrogen-bond acceptors (Lipinski definition) is 6. The largest absolute Gasteiger partial charge is 0.504 e. The van der Waals surface area contributed by atoms with Crippen LogP contribution in [0.3, 0.4) is 0 Å². The Morgan fingerprint density at radius 1 is 0.394 bits per heavy atom. The average molecular weight is 435 g/mol. The Kier molecular flexibility index (Phi) is 6.56. The molecule has 0 aliphatic heterocycles. The maximum Gasteiger partial charge on any atom is 0.201 e. The van der Waals surface area contributed by atoms with Crippen molar-refractivity contribution in [1.29, 1.82) is 0 Å². The standard InChI is InChI=1S/C27H21N3O3/c31-25-23(17-29-20-12-6-2-7-13-20)22(16-28-19-10-4-1-5-11-19)24(26(32)27(25)33)18-30-21-14-8-3-9-15-21/h1-18,31-33H. The van der Waals surface area contributed by atoms with Crippen LogP contribution >= 0.6 is 0 Å². The second-order valence-corrected chi connectivity index (χ2v) is 7.07. The number of phenols is 3. The molecule has 0 aromatic heterocycles. The third kappa shape index (κ3) is 5.14. The molecule has 3 N–H and O–H groups in total. The van der Waals surface area contributed by atoms with Crippen LogP contribution < -0.4 is 0 Å². The zero-order chi connectivity index (χ0) is 23.0. The summed E-state index contributed by atoms with van der Waals surface area (Å²) in [6.07, 6.45) is 4.36. The minimum absolute atomic E-state index is 0.198. The molecule has 0 radical (unpaired) electrons. The van der Waals surface area contributed by atoms with Gasteiger partial charge in [0.15, 0.2) is 11.5 Å². The highest BCUT2D eigenvalue weighted by atomic mass is 16.3. The van der Waals surface area contributed by atoms with Gasteiger partial charge in [-0.3, -0.25) is 15.0 Å². The summed E-state index contributed by atoms with van der Waals surface area (Å²) in [6, 6.07) is 27.6. The molecule has 0 aliphatic carbocycles. The number of nitrogens with zero attached hydrogens (tertiary/aromatic N) is 3. The Morgan fingerprint density at radius 3 is 1.03 bits per heavy atom. The minimum Gasteiger partial charge on any atom is -0.504 e. The van der Waals surface area contributed by atoms with Crippen molar-refractivity contribution in [2.75, 3.05) is 0 Å². The van der Waals surface area contributed by atoms with Gasteiger partial charge >= 0.3 is 0 Å². The first-order chi connectivity index (χ1) is 16.1. The summed E-state index contributed by atoms with van der Waals surface area (Å²) in [7, 11) is 0. The van der Waals surface area contributed by atoms with E-state index in [4.69, 9.17) is 0 Å². The van der Waals surface area contributed by atoms with E-state index in [-0.39, 0.29) is 11.1 Å². The van der Waals surface area contributed by atoms with Gasteiger partial charge in [0.2, 0.25) is 5.75 Å². The first-order valence-electron chi connectivity index (χ1n) is 10.2. The number of aliphatic imine (C=N–C) groups is 3. The van der Waals surface area contributed by atoms with Crippen LogP contribution in [0, 0.1) is 0 Å². The van der Waals surface area contributed by atoms with Crippen LogP contribution in [0.5, 0.6) is 17.2 Å². The van der Waals surface area contributed by atoms with Crippen molar-refractivity contribution in [2.24, 2.45) is 15.0 Å². The highest BCUT2D eigenvalue weighted by Gasteiger charge is 2.21. The van der Waals surface area contributed by atoms with Gasteiger partial charge in [-0.05, 0) is 36.4 Å². The summed E-state index contributed by atoms with van der Waals surface area (Å²) in [5, 5.41) is 31.7. The van der Waals surface area contributed by atoms with E-state index in [2.05, 4.69) is 15.0 Å². The monoisotopic (exact) mass is 435 g/mol. The van der Waals surface area contributed by atoms with Crippen LogP contribution in [-0.2, 0) is 0 Å². The predicted molar refractivity (Wildman–Crippen MR) is 133 cm³/mol. The Labute approximate surface area is 191 Å². The van der Waals surface area contributed by atoms with Crippen LogP contribution in [0.2, 0.25) is 0 Å². The topological polar surface area (TPSA) is 97.8 Å². The molecule has 6 heteroatoms. The van der Waals surface area contributed by atoms with E-state index >= 15 is 0 Å². The SMILES string of the molecule is Oc1c(O)c(C=Nc2ccccc2)c(C=Nc2ccccc2)c(C=Nc2ccccc2)c1O. The predicted octanol–water partition coefficient (Wildman–Crippen LogP) is 6.06. The maximum absolute atomic E-state index is 10.6. The molecule has 0 fully saturated rings. The number of rotatable bonds is 6. The smallest absolute Gasteiger partial charge is 0.201 e. The van der Waals surface area contributed by atoms with Crippen molar-refractivity contribution in [3.8, 4) is 17.2 Å². The van der Waals surface area contributed by atoms with E-state index in [0.29, 0.717) is 22.6 Å². The molecule has 0 spiro atoms. The molecular weight excluding hydrogens is 414 g/mol. The molecule has 33 heavy (non-hydrogen) atoms. The van der Waals surface area contributed by atoms with E-state index in [0.717, 1.165) is 0 Å². The maximum atomic E-state index is 10.6. The lowest BCUT2D eigenvalue weighted by molar-refractivity contribution is 0.367. The molecule has 0 unspecified atom stereocenters. The summed E-state index contributed by atoms with van der Waals surface area (Å²) in [6.45, 7) is 0. The zero-order valence-corrected chi connectivity index (χ0v) is 17.6. The third-order valence-corrected chi connectivity index (χ3v) is 4.84. The lowest BCUT2D eigenvalue weighted by atomic mass is 9.99. The van der Waals surface area contributed by atoms with E-state index in [1.807, 2.05) is 91.0 Å². The van der Waals surface area contributed by atoms with Crippen molar-refractivity contribution in [2.45, 2.75) is 0 Å². The van der Waals surface area contributed by atoms with Crippen molar-refractivity contribution < 1.29 is 15.3 Å². The molecule has 4 rings (SSSR count). The van der Waals surface area contributed by atoms with Gasteiger partial charge in [0.05, 0.1) is 17.1 Å². The summed E-state index contributed by atoms with van der Waals surface area (Å²) >= 11 is 0. The fourth-order valence-electron chi connectivity index (χ4n) is 3.13. The molecule has 0 amide bonds. The van der Waals surface area contributed by atoms with Crippen LogP contribution in [0.1, 0.15) is 16.7 Å². The van der Waals surface area contributed by atoms with Gasteiger partial charge in [-0.1, -0.05) is 54.6 Å². The second kappa shape index (κ2) is 10.1. The van der Waals surface area contributed by atoms with Crippen molar-refractivity contribution in [3.63, 3.8) is 0 Å². The number of para-hydroxylation sites is 3. The van der Waals surface area contributed by atoms with Gasteiger partial charge in [0.25, 0.3) is 0 Å². The quantitative estimate of drug-likeness (QED) is 0.254. The Morgan fingerprint density at radius 2 is 0.697 bits per heavy atom. The molecule has 0 bridgehead atoms. The Bertz CT molecular complexity index is 1240. The summed E-state index contributed by atoms with van der Waals surface area (Å²) < 4.78 is 0. The molecule has 0 atom stereocenters. The van der Waals surface area contributed by atoms with Crippen LogP contribution in [0.25, 0.3) is 0 Å². The highest BCUT2D eigenvalue weighted by Crippen LogP contribution is 2.42. The van der Waals surface area contributed by atoms with Gasteiger partial charge in [-0.25, -0.2) is 0 Å². The number of phenolic OH excluding ortho intramolecular Hbond substituents is 3. The van der Waals surface area contributed by atoms with Crippen molar-refractivity contribution in [1.82, 2.24) is 0 Å². The van der Waals surface area contributed by atoms with E-state index in [1.165, 1.54) is 18.6 Å². The number of aromatic hydroxyl groups is 3. The normalized spacial score (nSPS) is 11.6. The van der Waals surface area contributed by atoms with Crippen LogP contribution in [-0.4, -0.2) is 34.0 Å². The zero-order valence-electron chi connectivity index (χ0n) is 17.6. The molecule has 6 nitrogen and oxygen atoms in total. The first kappa shape index (κ1) is 21.5. The minimum atomic E-state index is -0.657. The molecule has 0 saturated carbocycles. The first-order valence-corrected chi connectivity index (χ1v) is 10.2. The summed E-state index contributed by atoms with van der Waals surface area (Å²) in [4.78, 5) is 13.3. The molecule has 0 aliphatic rings. The van der Waals surface area contributed by atoms with Gasteiger partial charge in [0, 0.05) is 35.3 Å². The number of hydrogen-bond donors (Lipinski definition) is 3. The molecular formula is C27H21N3O3. The Hall–Kier alpha value is -4.71. The highest BCUT2D eigenvalue weighted by molar-refractivity contribution is 6.07. The van der Waals surface area contributed by atoms with Crippen LogP contribution in [0.15, 0.2) is 106 Å². The van der Waals surface area contributed by atoms with E-state index < -0.39 is 17.2 Å². The van der Waals surface area contributed by atoms with Crippen molar-refractivity contribution >= 4 is 35.7 Å². The molecule has 162 valence electrons. The second-order valence-electron chi connectivity index (χ2n) is 7.07. The van der Waals surface area contributed by atoms with Crippen molar-refractivity contribution in [3.05, 3.63) is 108 Å². The van der Waals surface area contributed by atoms with Crippen LogP contribution in [0.4, 0.5) is 17.1 Å². The average Bonchev–Trinajstić information content (AvgIpc) is 2.87. The fraction of sp³-hybridized carbons (Fsp3) is 0.